The fraction of sp³-hybridized carbons (Fsp3) is 0.333. The lowest BCUT2D eigenvalue weighted by Gasteiger charge is -2.32. The van der Waals surface area contributed by atoms with Gasteiger partial charge >= 0.3 is 0 Å². The summed E-state index contributed by atoms with van der Waals surface area (Å²) in [5.74, 6) is -0.216. The molecule has 0 fully saturated rings. The van der Waals surface area contributed by atoms with Crippen molar-refractivity contribution in [2.24, 2.45) is 0 Å². The summed E-state index contributed by atoms with van der Waals surface area (Å²) in [7, 11) is -4.12. The lowest BCUT2D eigenvalue weighted by Crippen LogP contribution is -2.52. The predicted octanol–water partition coefficient (Wildman–Crippen LogP) is 4.18. The molecule has 9 heteroatoms. The van der Waals surface area contributed by atoms with Gasteiger partial charge in [-0.3, -0.25) is 13.9 Å². The van der Waals surface area contributed by atoms with Crippen molar-refractivity contribution in [2.75, 3.05) is 30.5 Å². The van der Waals surface area contributed by atoms with Crippen LogP contribution in [0.2, 0.25) is 0 Å². The number of aryl methyl sites for hydroxylation is 1. The minimum absolute atomic E-state index is 0.0342. The van der Waals surface area contributed by atoms with Crippen LogP contribution in [0.25, 0.3) is 0 Å². The van der Waals surface area contributed by atoms with Crippen LogP contribution >= 0.6 is 0 Å². The third kappa shape index (κ3) is 7.83. The van der Waals surface area contributed by atoms with Crippen LogP contribution in [0.15, 0.2) is 83.8 Å². The molecule has 0 aliphatic rings. The highest BCUT2D eigenvalue weighted by molar-refractivity contribution is 7.92. The number of anilines is 1. The third-order valence-electron chi connectivity index (χ3n) is 6.33. The Hall–Kier alpha value is -3.85. The highest BCUT2D eigenvalue weighted by Gasteiger charge is 2.32. The van der Waals surface area contributed by atoms with E-state index in [1.165, 1.54) is 17.0 Å². The largest absolute Gasteiger partial charge is 0.494 e. The Balaban J connectivity index is 1.96. The molecule has 0 saturated heterocycles. The van der Waals surface area contributed by atoms with Crippen molar-refractivity contribution in [3.63, 3.8) is 0 Å². The van der Waals surface area contributed by atoms with Crippen molar-refractivity contribution < 1.29 is 22.7 Å². The summed E-state index contributed by atoms with van der Waals surface area (Å²) in [6.45, 7) is 7.89. The standard InChI is InChI=1S/C30H37N3O5S/c1-5-31-30(35)24(4)32(21-20-25-10-8-7-9-11-25)29(34)22-33(26-14-12-23(3)13-15-26)39(36,37)28-18-16-27(17-19-28)38-6-2/h7-19,24H,5-6,20-22H2,1-4H3,(H,31,35)/t24-/m1/s1. The number of hydrogen-bond donors (Lipinski definition) is 1. The lowest BCUT2D eigenvalue weighted by molar-refractivity contribution is -0.138. The van der Waals surface area contributed by atoms with Crippen molar-refractivity contribution in [3.8, 4) is 5.75 Å². The van der Waals surface area contributed by atoms with Gasteiger partial charge in [0.05, 0.1) is 17.2 Å². The average Bonchev–Trinajstić information content (AvgIpc) is 2.93. The van der Waals surface area contributed by atoms with Gasteiger partial charge in [0.25, 0.3) is 10.0 Å². The van der Waals surface area contributed by atoms with Crippen molar-refractivity contribution in [1.82, 2.24) is 10.2 Å². The lowest BCUT2D eigenvalue weighted by atomic mass is 10.1. The van der Waals surface area contributed by atoms with Gasteiger partial charge in [0, 0.05) is 13.1 Å². The first-order chi connectivity index (χ1) is 18.7. The quantitative estimate of drug-likeness (QED) is 0.344. The summed E-state index contributed by atoms with van der Waals surface area (Å²) in [6, 6.07) is 21.9. The van der Waals surface area contributed by atoms with Crippen LogP contribution in [0.1, 0.15) is 31.9 Å². The molecule has 0 bridgehead atoms. The van der Waals surface area contributed by atoms with Gasteiger partial charge in [0.2, 0.25) is 11.8 Å². The van der Waals surface area contributed by atoms with Gasteiger partial charge in [-0.25, -0.2) is 8.42 Å². The molecule has 208 valence electrons. The number of sulfonamides is 1. The topological polar surface area (TPSA) is 96.0 Å². The molecule has 1 N–H and O–H groups in total. The molecule has 0 spiro atoms. The molecular formula is C30H37N3O5S. The van der Waals surface area contributed by atoms with Gasteiger partial charge in [-0.2, -0.15) is 0 Å². The van der Waals surface area contributed by atoms with E-state index >= 15 is 0 Å². The number of nitrogens with one attached hydrogen (secondary N) is 1. The number of likely N-dealkylation sites (N-methyl/N-ethyl adjacent to an activating group) is 1. The van der Waals surface area contributed by atoms with Gasteiger partial charge in [-0.15, -0.1) is 0 Å². The predicted molar refractivity (Wildman–Crippen MR) is 153 cm³/mol. The van der Waals surface area contributed by atoms with E-state index in [1.54, 1.807) is 43.3 Å². The van der Waals surface area contributed by atoms with Crippen LogP contribution in [0.4, 0.5) is 5.69 Å². The van der Waals surface area contributed by atoms with Gasteiger partial charge in [-0.05, 0) is 76.1 Å². The van der Waals surface area contributed by atoms with Crippen molar-refractivity contribution in [3.05, 3.63) is 90.0 Å². The first-order valence-electron chi connectivity index (χ1n) is 13.1. The SMILES string of the molecule is CCNC(=O)[C@@H](C)N(CCc1ccccc1)C(=O)CN(c1ccc(C)cc1)S(=O)(=O)c1ccc(OCC)cc1. The normalized spacial score (nSPS) is 11.9. The molecule has 0 aromatic heterocycles. The molecule has 3 aromatic carbocycles. The number of carbonyl (C=O) groups excluding carboxylic acids is 2. The maximum atomic E-state index is 13.9. The summed E-state index contributed by atoms with van der Waals surface area (Å²) in [6.07, 6.45) is 0.520. The van der Waals surface area contributed by atoms with Crippen LogP contribution in [-0.2, 0) is 26.0 Å². The zero-order chi connectivity index (χ0) is 28.4. The molecule has 0 unspecified atom stereocenters. The monoisotopic (exact) mass is 551 g/mol. The van der Waals surface area contributed by atoms with Gasteiger partial charge in [0.1, 0.15) is 18.3 Å². The van der Waals surface area contributed by atoms with E-state index in [0.29, 0.717) is 31.0 Å². The van der Waals surface area contributed by atoms with Crippen LogP contribution in [0.3, 0.4) is 0 Å². The Bertz CT molecular complexity index is 1330. The zero-order valence-electron chi connectivity index (χ0n) is 23.0. The second kappa shape index (κ2) is 13.8. The summed E-state index contributed by atoms with van der Waals surface area (Å²) in [4.78, 5) is 28.0. The zero-order valence-corrected chi connectivity index (χ0v) is 23.8. The van der Waals surface area contributed by atoms with E-state index in [2.05, 4.69) is 5.32 Å². The summed E-state index contributed by atoms with van der Waals surface area (Å²) in [5.41, 5.74) is 2.32. The molecule has 2 amide bonds. The van der Waals surface area contributed by atoms with Crippen molar-refractivity contribution >= 4 is 27.5 Å². The second-order valence-electron chi connectivity index (χ2n) is 9.14. The number of ether oxygens (including phenoxy) is 1. The number of benzene rings is 3. The second-order valence-corrected chi connectivity index (χ2v) is 11.0. The van der Waals surface area contributed by atoms with Crippen LogP contribution < -0.4 is 14.4 Å². The molecule has 0 aliphatic carbocycles. The first-order valence-corrected chi connectivity index (χ1v) is 14.5. The number of nitrogens with zero attached hydrogens (tertiary/aromatic N) is 2. The Morgan fingerprint density at radius 3 is 2.15 bits per heavy atom. The summed E-state index contributed by atoms with van der Waals surface area (Å²) < 4.78 is 34.3. The number of hydrogen-bond acceptors (Lipinski definition) is 5. The molecule has 0 heterocycles. The van der Waals surface area contributed by atoms with E-state index in [4.69, 9.17) is 4.74 Å². The van der Waals surface area contributed by atoms with Crippen LogP contribution in [0.5, 0.6) is 5.75 Å². The number of carbonyl (C=O) groups is 2. The first kappa shape index (κ1) is 29.7. The summed E-state index contributed by atoms with van der Waals surface area (Å²) >= 11 is 0. The Kier molecular flexibility index (Phi) is 10.5. The minimum Gasteiger partial charge on any atom is -0.494 e. The van der Waals surface area contributed by atoms with E-state index in [0.717, 1.165) is 15.4 Å². The fourth-order valence-corrected chi connectivity index (χ4v) is 5.55. The van der Waals surface area contributed by atoms with Crippen molar-refractivity contribution in [1.29, 1.82) is 0 Å². The molecule has 3 aromatic rings. The molecule has 39 heavy (non-hydrogen) atoms. The summed E-state index contributed by atoms with van der Waals surface area (Å²) in [5, 5.41) is 2.77. The molecule has 0 radical (unpaired) electrons. The van der Waals surface area contributed by atoms with Crippen LogP contribution in [-0.4, -0.2) is 57.4 Å². The molecule has 8 nitrogen and oxygen atoms in total. The Morgan fingerprint density at radius 2 is 1.56 bits per heavy atom. The van der Waals surface area contributed by atoms with Gasteiger partial charge in [-0.1, -0.05) is 48.0 Å². The highest BCUT2D eigenvalue weighted by Crippen LogP contribution is 2.26. The molecule has 0 aliphatic heterocycles. The number of rotatable bonds is 13. The Labute approximate surface area is 231 Å². The molecule has 3 rings (SSSR count). The Morgan fingerprint density at radius 1 is 0.923 bits per heavy atom. The maximum Gasteiger partial charge on any atom is 0.264 e. The van der Waals surface area contributed by atoms with E-state index in [1.807, 2.05) is 51.1 Å². The third-order valence-corrected chi connectivity index (χ3v) is 8.11. The molecular weight excluding hydrogens is 514 g/mol. The van der Waals surface area contributed by atoms with E-state index < -0.39 is 28.5 Å². The molecule has 0 saturated carbocycles. The highest BCUT2D eigenvalue weighted by atomic mass is 32.2. The van der Waals surface area contributed by atoms with Crippen LogP contribution in [0, 0.1) is 6.92 Å². The smallest absolute Gasteiger partial charge is 0.264 e. The minimum atomic E-state index is -4.12. The fourth-order valence-electron chi connectivity index (χ4n) is 4.13. The van der Waals surface area contributed by atoms with E-state index in [-0.39, 0.29) is 17.3 Å². The van der Waals surface area contributed by atoms with Gasteiger partial charge < -0.3 is 15.0 Å². The van der Waals surface area contributed by atoms with Crippen molar-refractivity contribution in [2.45, 2.75) is 45.1 Å². The average molecular weight is 552 g/mol. The van der Waals surface area contributed by atoms with Gasteiger partial charge in [0.15, 0.2) is 0 Å². The number of amides is 2. The maximum absolute atomic E-state index is 13.9. The van der Waals surface area contributed by atoms with E-state index in [9.17, 15) is 18.0 Å². The molecule has 1 atom stereocenters.